The van der Waals surface area contributed by atoms with Gasteiger partial charge in [0.05, 0.1) is 5.92 Å². The summed E-state index contributed by atoms with van der Waals surface area (Å²) in [5, 5.41) is 6.78. The van der Waals surface area contributed by atoms with Gasteiger partial charge >= 0.3 is 0 Å². The first-order chi connectivity index (χ1) is 25.2. The van der Waals surface area contributed by atoms with Crippen LogP contribution in [0, 0.1) is 5.41 Å². The van der Waals surface area contributed by atoms with E-state index in [2.05, 4.69) is 60.3 Å². The summed E-state index contributed by atoms with van der Waals surface area (Å²) in [4.78, 5) is 58.0. The second-order valence-corrected chi connectivity index (χ2v) is 15.5. The number of hydrogen-bond donors (Lipinski definition) is 2. The quantitative estimate of drug-likeness (QED) is 0.219. The van der Waals surface area contributed by atoms with Crippen molar-refractivity contribution < 1.29 is 14.4 Å². The van der Waals surface area contributed by atoms with Gasteiger partial charge in [-0.2, -0.15) is 4.98 Å². The monoisotopic (exact) mass is 703 g/mol. The number of likely N-dealkylation sites (tertiary alicyclic amines) is 1. The fraction of sp³-hybridized carbons (Fsp3) is 0.500. The first-order valence-electron chi connectivity index (χ1n) is 19.0. The lowest BCUT2D eigenvalue weighted by atomic mass is 9.71. The summed E-state index contributed by atoms with van der Waals surface area (Å²) in [5.74, 6) is 0.637. The second-order valence-electron chi connectivity index (χ2n) is 15.5. The lowest BCUT2D eigenvalue weighted by molar-refractivity contribution is -0.134. The molecule has 0 unspecified atom stereocenters. The molecule has 4 fully saturated rings. The lowest BCUT2D eigenvalue weighted by Gasteiger charge is -2.47. The summed E-state index contributed by atoms with van der Waals surface area (Å²) in [7, 11) is 3.58. The number of carbonyl (C=O) groups excluding carboxylic acids is 3. The molecule has 3 saturated heterocycles. The Morgan fingerprint density at radius 2 is 1.69 bits per heavy atom. The number of hydrogen-bond acceptors (Lipinski definition) is 9. The van der Waals surface area contributed by atoms with E-state index in [1.807, 2.05) is 18.3 Å². The first kappa shape index (κ1) is 34.3. The summed E-state index contributed by atoms with van der Waals surface area (Å²) in [5.41, 5.74) is 5.15. The van der Waals surface area contributed by atoms with Gasteiger partial charge in [0.25, 0.3) is 5.91 Å². The smallest absolute Gasteiger partial charge is 0.270 e. The van der Waals surface area contributed by atoms with Gasteiger partial charge in [0.1, 0.15) is 17.2 Å². The molecule has 3 aliphatic heterocycles. The van der Waals surface area contributed by atoms with E-state index in [9.17, 15) is 14.4 Å². The maximum absolute atomic E-state index is 13.2. The predicted octanol–water partition coefficient (Wildman–Crippen LogP) is 5.79. The van der Waals surface area contributed by atoms with Crippen molar-refractivity contribution in [1.29, 1.82) is 0 Å². The van der Waals surface area contributed by atoms with Crippen molar-refractivity contribution in [3.63, 3.8) is 0 Å². The highest BCUT2D eigenvalue weighted by atomic mass is 16.2. The second kappa shape index (κ2) is 14.3. The van der Waals surface area contributed by atoms with E-state index in [1.165, 1.54) is 31.4 Å². The molecular formula is C40H49N9O3. The molecule has 52 heavy (non-hydrogen) atoms. The van der Waals surface area contributed by atoms with Crippen LogP contribution in [0.2, 0.25) is 0 Å². The number of carbonyl (C=O) groups is 3. The molecule has 6 heterocycles. The number of anilines is 3. The van der Waals surface area contributed by atoms with E-state index < -0.39 is 0 Å². The molecule has 1 aromatic carbocycles. The van der Waals surface area contributed by atoms with E-state index >= 15 is 0 Å². The van der Waals surface area contributed by atoms with Crippen molar-refractivity contribution in [2.24, 2.45) is 5.41 Å². The number of benzene rings is 1. The number of nitrogens with one attached hydrogen (secondary N) is 2. The van der Waals surface area contributed by atoms with Crippen LogP contribution in [0.5, 0.6) is 0 Å². The molecule has 8 rings (SSSR count). The topological polar surface area (TPSA) is 129 Å². The van der Waals surface area contributed by atoms with Gasteiger partial charge in [0, 0.05) is 75.2 Å². The highest BCUT2D eigenvalue weighted by molar-refractivity contribution is 6.01. The van der Waals surface area contributed by atoms with Crippen LogP contribution in [-0.2, 0) is 16.1 Å². The van der Waals surface area contributed by atoms with Crippen molar-refractivity contribution >= 4 is 46.2 Å². The molecule has 1 spiro atoms. The summed E-state index contributed by atoms with van der Waals surface area (Å²) in [6.45, 7) is 4.98. The van der Waals surface area contributed by atoms with Crippen molar-refractivity contribution in [3.05, 3.63) is 71.7 Å². The van der Waals surface area contributed by atoms with Crippen LogP contribution in [0.4, 0.5) is 17.5 Å². The standard InChI is InChI=1S/C40H49N9O3/c1-46(2)38(52)33-24-29-25-42-39(45-36(29)49(33)31-7-3-4-8-31)44-35-28(6-5-19-41-35)26-47-20-15-40(16-21-47)17-22-48(23-18-40)30-11-9-27(10-12-30)32-13-14-34(50)43-37(32)51/h5-6,9-12,19,24-25,31-32H,3-4,7-8,13-18,20-23,26H2,1-2H3,(H,43,50,51)(H,41,42,44,45)/t32-/m0/s1. The Hall–Kier alpha value is -4.84. The molecule has 3 aromatic heterocycles. The van der Waals surface area contributed by atoms with Crippen molar-refractivity contribution in [2.75, 3.05) is 50.5 Å². The van der Waals surface area contributed by atoms with Gasteiger partial charge in [-0.05, 0) is 93.3 Å². The number of amides is 3. The fourth-order valence-electron chi connectivity index (χ4n) is 8.87. The van der Waals surface area contributed by atoms with E-state index in [0.29, 0.717) is 29.9 Å². The third-order valence-electron chi connectivity index (χ3n) is 12.0. The zero-order chi connectivity index (χ0) is 35.8. The number of aromatic nitrogens is 4. The molecule has 272 valence electrons. The molecule has 0 bridgehead atoms. The molecule has 1 saturated carbocycles. The Morgan fingerprint density at radius 1 is 0.962 bits per heavy atom. The van der Waals surface area contributed by atoms with Crippen LogP contribution in [0.3, 0.4) is 0 Å². The minimum atomic E-state index is -0.244. The van der Waals surface area contributed by atoms with E-state index in [-0.39, 0.29) is 29.7 Å². The van der Waals surface area contributed by atoms with Gasteiger partial charge in [-0.1, -0.05) is 31.0 Å². The summed E-state index contributed by atoms with van der Waals surface area (Å²) in [6, 6.07) is 14.7. The van der Waals surface area contributed by atoms with Crippen LogP contribution < -0.4 is 15.5 Å². The largest absolute Gasteiger partial charge is 0.371 e. The average molecular weight is 704 g/mol. The third kappa shape index (κ3) is 6.88. The van der Waals surface area contributed by atoms with Gasteiger partial charge in [0.15, 0.2) is 0 Å². The van der Waals surface area contributed by atoms with Crippen LogP contribution in [0.25, 0.3) is 11.0 Å². The molecule has 12 nitrogen and oxygen atoms in total. The SMILES string of the molecule is CN(C)C(=O)c1cc2cnc(Nc3ncccc3CN3CCC4(CC3)CCN(c3ccc([C@@H]5CCC(=O)NC5=O)cc3)CC4)nc2n1C1CCCC1. The van der Waals surface area contributed by atoms with Crippen LogP contribution in [0.1, 0.15) is 97.8 Å². The molecule has 3 amide bonds. The highest BCUT2D eigenvalue weighted by Crippen LogP contribution is 2.43. The summed E-state index contributed by atoms with van der Waals surface area (Å²) >= 11 is 0. The highest BCUT2D eigenvalue weighted by Gasteiger charge is 2.38. The number of imide groups is 1. The fourth-order valence-corrected chi connectivity index (χ4v) is 8.87. The minimum Gasteiger partial charge on any atom is -0.371 e. The lowest BCUT2D eigenvalue weighted by Crippen LogP contribution is -2.46. The Balaban J connectivity index is 0.889. The van der Waals surface area contributed by atoms with Crippen molar-refractivity contribution in [2.45, 2.75) is 82.7 Å². The zero-order valence-corrected chi connectivity index (χ0v) is 30.3. The van der Waals surface area contributed by atoms with Crippen LogP contribution in [-0.4, -0.2) is 87.3 Å². The molecular weight excluding hydrogens is 654 g/mol. The number of fused-ring (bicyclic) bond motifs is 1. The van der Waals surface area contributed by atoms with Gasteiger partial charge in [-0.3, -0.25) is 24.6 Å². The van der Waals surface area contributed by atoms with Gasteiger partial charge in [-0.25, -0.2) is 9.97 Å². The summed E-state index contributed by atoms with van der Waals surface area (Å²) in [6.07, 6.45) is 13.7. The number of nitrogens with zero attached hydrogens (tertiary/aromatic N) is 7. The molecule has 4 aliphatic rings. The molecule has 1 atom stereocenters. The molecule has 0 radical (unpaired) electrons. The minimum absolute atomic E-state index is 0.0152. The Kier molecular flexibility index (Phi) is 9.42. The number of pyridine rings is 1. The number of piperidine rings is 3. The first-order valence-corrected chi connectivity index (χ1v) is 19.0. The maximum atomic E-state index is 13.2. The maximum Gasteiger partial charge on any atom is 0.270 e. The molecule has 2 N–H and O–H groups in total. The molecule has 12 heteroatoms. The van der Waals surface area contributed by atoms with E-state index in [0.717, 1.165) is 86.4 Å². The zero-order valence-electron chi connectivity index (χ0n) is 30.3. The Labute approximate surface area is 305 Å². The summed E-state index contributed by atoms with van der Waals surface area (Å²) < 4.78 is 2.14. The third-order valence-corrected chi connectivity index (χ3v) is 12.0. The molecule has 4 aromatic rings. The number of rotatable bonds is 8. The van der Waals surface area contributed by atoms with Crippen molar-refractivity contribution in [3.8, 4) is 0 Å². The van der Waals surface area contributed by atoms with Crippen molar-refractivity contribution in [1.82, 2.24) is 34.6 Å². The van der Waals surface area contributed by atoms with Gasteiger partial charge in [0.2, 0.25) is 17.8 Å². The Morgan fingerprint density at radius 3 is 2.40 bits per heavy atom. The van der Waals surface area contributed by atoms with E-state index in [1.54, 1.807) is 25.2 Å². The normalized spacial score (nSPS) is 21.1. The van der Waals surface area contributed by atoms with Crippen LogP contribution >= 0.6 is 0 Å². The van der Waals surface area contributed by atoms with Crippen LogP contribution in [0.15, 0.2) is 54.9 Å². The average Bonchev–Trinajstić information content (AvgIpc) is 3.82. The van der Waals surface area contributed by atoms with Gasteiger partial charge in [-0.15, -0.1) is 0 Å². The Bertz CT molecular complexity index is 1950. The van der Waals surface area contributed by atoms with E-state index in [4.69, 9.17) is 9.97 Å². The predicted molar refractivity (Wildman–Crippen MR) is 201 cm³/mol. The van der Waals surface area contributed by atoms with Gasteiger partial charge < -0.3 is 19.7 Å². The molecule has 1 aliphatic carbocycles.